The van der Waals surface area contributed by atoms with Gasteiger partial charge in [-0.2, -0.15) is 0 Å². The number of hydrogen-bond donors (Lipinski definition) is 2. The first-order valence-corrected chi connectivity index (χ1v) is 7.98. The largest absolute Gasteiger partial charge is 0.352 e. The number of thiazole rings is 1. The molecule has 0 aromatic carbocycles. The van der Waals surface area contributed by atoms with Crippen LogP contribution in [0.1, 0.15) is 15.6 Å². The third-order valence-electron chi connectivity index (χ3n) is 2.68. The van der Waals surface area contributed by atoms with Crippen molar-refractivity contribution < 1.29 is 8.42 Å². The van der Waals surface area contributed by atoms with E-state index in [-0.39, 0.29) is 11.4 Å². The molecule has 0 unspecified atom stereocenters. The molecule has 0 aliphatic heterocycles. The van der Waals surface area contributed by atoms with Gasteiger partial charge in [-0.05, 0) is 13.0 Å². The number of hydrogen-bond acceptors (Lipinski definition) is 5. The van der Waals surface area contributed by atoms with E-state index in [9.17, 15) is 8.42 Å². The normalized spacial score (nSPS) is 11.9. The summed E-state index contributed by atoms with van der Waals surface area (Å²) in [6.07, 6.45) is 3.28. The molecular weight excluding hydrogens is 284 g/mol. The minimum Gasteiger partial charge on any atom is -0.352 e. The molecule has 2 rings (SSSR count). The summed E-state index contributed by atoms with van der Waals surface area (Å²) in [6.45, 7) is 2.44. The number of nitrogens with one attached hydrogen (secondary N) is 1. The summed E-state index contributed by atoms with van der Waals surface area (Å²) in [6, 6.07) is 1.58. The lowest BCUT2D eigenvalue weighted by atomic mass is 10.4. The first-order chi connectivity index (χ1) is 8.92. The van der Waals surface area contributed by atoms with Crippen LogP contribution in [0.3, 0.4) is 0 Å². The highest BCUT2D eigenvalue weighted by Gasteiger charge is 2.17. The predicted molar refractivity (Wildman–Crippen MR) is 74.2 cm³/mol. The molecule has 0 amide bonds. The zero-order chi connectivity index (χ0) is 14.0. The molecular formula is C11H16N4O2S2. The Morgan fingerprint density at radius 3 is 2.79 bits per heavy atom. The summed E-state index contributed by atoms with van der Waals surface area (Å²) >= 11 is 1.47. The van der Waals surface area contributed by atoms with E-state index in [0.717, 1.165) is 15.6 Å². The van der Waals surface area contributed by atoms with Gasteiger partial charge in [0.25, 0.3) is 0 Å². The summed E-state index contributed by atoms with van der Waals surface area (Å²) in [5.41, 5.74) is 6.30. The van der Waals surface area contributed by atoms with Crippen LogP contribution >= 0.6 is 11.3 Å². The first-order valence-electron chi connectivity index (χ1n) is 5.68. The molecule has 0 spiro atoms. The van der Waals surface area contributed by atoms with E-state index < -0.39 is 10.0 Å². The van der Waals surface area contributed by atoms with E-state index in [0.29, 0.717) is 6.54 Å². The van der Waals surface area contributed by atoms with Crippen LogP contribution in [0.15, 0.2) is 23.4 Å². The predicted octanol–water partition coefficient (Wildman–Crippen LogP) is 0.727. The van der Waals surface area contributed by atoms with E-state index in [1.807, 2.05) is 6.92 Å². The molecule has 0 bridgehead atoms. The summed E-state index contributed by atoms with van der Waals surface area (Å²) in [7, 11) is -1.75. The van der Waals surface area contributed by atoms with Crippen LogP contribution in [0.2, 0.25) is 0 Å². The van der Waals surface area contributed by atoms with Crippen molar-refractivity contribution in [2.24, 2.45) is 12.8 Å². The molecule has 104 valence electrons. The highest BCUT2D eigenvalue weighted by atomic mass is 32.2. The van der Waals surface area contributed by atoms with E-state index in [1.54, 1.807) is 30.1 Å². The second-order valence-electron chi connectivity index (χ2n) is 4.17. The molecule has 0 aliphatic carbocycles. The number of rotatable bonds is 5. The van der Waals surface area contributed by atoms with Crippen LogP contribution < -0.4 is 10.5 Å². The molecule has 0 radical (unpaired) electrons. The van der Waals surface area contributed by atoms with Gasteiger partial charge in [0.15, 0.2) is 0 Å². The minimum atomic E-state index is -3.52. The lowest BCUT2D eigenvalue weighted by Crippen LogP contribution is -2.22. The lowest BCUT2D eigenvalue weighted by Gasteiger charge is -2.02. The zero-order valence-electron chi connectivity index (χ0n) is 10.8. The smallest absolute Gasteiger partial charge is 0.242 e. The topological polar surface area (TPSA) is 90.0 Å². The van der Waals surface area contributed by atoms with E-state index in [1.165, 1.54) is 11.3 Å². The van der Waals surface area contributed by atoms with E-state index in [2.05, 4.69) is 9.71 Å². The summed E-state index contributed by atoms with van der Waals surface area (Å²) in [5.74, 6) is 0. The van der Waals surface area contributed by atoms with Gasteiger partial charge in [-0.1, -0.05) is 0 Å². The van der Waals surface area contributed by atoms with Crippen molar-refractivity contribution in [2.75, 3.05) is 0 Å². The molecule has 19 heavy (non-hydrogen) atoms. The maximum absolute atomic E-state index is 12.1. The Labute approximate surface area is 116 Å². The van der Waals surface area contributed by atoms with Crippen molar-refractivity contribution in [3.05, 3.63) is 34.0 Å². The molecule has 0 aliphatic rings. The number of aromatic nitrogens is 2. The molecule has 3 N–H and O–H groups in total. The fraction of sp³-hybridized carbons (Fsp3) is 0.364. The standard InChI is InChI=1S/C11H16N4O2S2/c1-8-5-13-11(18-8)6-14-19(16,17)10-3-9(4-12)15(2)7-10/h3,5,7,14H,4,6,12H2,1-2H3. The SMILES string of the molecule is Cc1cnc(CNS(=O)(=O)c2cc(CN)n(C)c2)s1. The summed E-state index contributed by atoms with van der Waals surface area (Å²) in [5, 5.41) is 0.746. The molecule has 0 atom stereocenters. The van der Waals surface area contributed by atoms with E-state index >= 15 is 0 Å². The number of nitrogens with zero attached hydrogens (tertiary/aromatic N) is 2. The fourth-order valence-corrected chi connectivity index (χ4v) is 3.55. The van der Waals surface area contributed by atoms with Crippen molar-refractivity contribution in [3.8, 4) is 0 Å². The van der Waals surface area contributed by atoms with Gasteiger partial charge < -0.3 is 10.3 Å². The molecule has 6 nitrogen and oxygen atoms in total. The van der Waals surface area contributed by atoms with Crippen molar-refractivity contribution in [1.82, 2.24) is 14.3 Å². The van der Waals surface area contributed by atoms with E-state index in [4.69, 9.17) is 5.73 Å². The average molecular weight is 300 g/mol. The summed E-state index contributed by atoms with van der Waals surface area (Å²) in [4.78, 5) is 5.40. The Bertz CT molecular complexity index is 673. The second-order valence-corrected chi connectivity index (χ2v) is 7.26. The highest BCUT2D eigenvalue weighted by Crippen LogP contribution is 2.15. The zero-order valence-corrected chi connectivity index (χ0v) is 12.4. The Kier molecular flexibility index (Phi) is 4.04. The van der Waals surface area contributed by atoms with Gasteiger partial charge in [0, 0.05) is 36.6 Å². The van der Waals surface area contributed by atoms with Crippen LogP contribution in [0.4, 0.5) is 0 Å². The van der Waals surface area contributed by atoms with Gasteiger partial charge in [-0.3, -0.25) is 0 Å². The monoisotopic (exact) mass is 300 g/mol. The second kappa shape index (κ2) is 5.41. The molecule has 2 heterocycles. The molecule has 0 saturated heterocycles. The summed E-state index contributed by atoms with van der Waals surface area (Å²) < 4.78 is 28.5. The van der Waals surface area contributed by atoms with Gasteiger partial charge in [-0.25, -0.2) is 18.1 Å². The first kappa shape index (κ1) is 14.2. The van der Waals surface area contributed by atoms with Gasteiger partial charge in [0.1, 0.15) is 5.01 Å². The number of nitrogens with two attached hydrogens (primary N) is 1. The van der Waals surface area contributed by atoms with Crippen molar-refractivity contribution in [1.29, 1.82) is 0 Å². The maximum atomic E-state index is 12.1. The highest BCUT2D eigenvalue weighted by molar-refractivity contribution is 7.89. The Hall–Kier alpha value is -1.22. The molecule has 8 heteroatoms. The van der Waals surface area contributed by atoms with Crippen molar-refractivity contribution in [3.63, 3.8) is 0 Å². The average Bonchev–Trinajstić information content (AvgIpc) is 2.93. The van der Waals surface area contributed by atoms with Crippen LogP contribution in [-0.4, -0.2) is 18.0 Å². The lowest BCUT2D eigenvalue weighted by molar-refractivity contribution is 0.581. The molecule has 0 saturated carbocycles. The number of aryl methyl sites for hydroxylation is 2. The Morgan fingerprint density at radius 2 is 2.26 bits per heavy atom. The van der Waals surface area contributed by atoms with Crippen LogP contribution in [0.5, 0.6) is 0 Å². The van der Waals surface area contributed by atoms with Crippen LogP contribution in [0, 0.1) is 6.92 Å². The van der Waals surface area contributed by atoms with Gasteiger partial charge >= 0.3 is 0 Å². The van der Waals surface area contributed by atoms with Gasteiger partial charge in [-0.15, -0.1) is 11.3 Å². The maximum Gasteiger partial charge on any atom is 0.242 e. The number of sulfonamides is 1. The van der Waals surface area contributed by atoms with Crippen LogP contribution in [0.25, 0.3) is 0 Å². The van der Waals surface area contributed by atoms with Gasteiger partial charge in [0.2, 0.25) is 10.0 Å². The fourth-order valence-electron chi connectivity index (χ4n) is 1.65. The molecule has 0 fully saturated rings. The Balaban J connectivity index is 2.13. The Morgan fingerprint density at radius 1 is 1.53 bits per heavy atom. The minimum absolute atomic E-state index is 0.202. The van der Waals surface area contributed by atoms with Crippen LogP contribution in [-0.2, 0) is 30.2 Å². The molecule has 2 aromatic rings. The van der Waals surface area contributed by atoms with Crippen molar-refractivity contribution in [2.45, 2.75) is 24.9 Å². The molecule has 2 aromatic heterocycles. The quantitative estimate of drug-likeness (QED) is 0.851. The third kappa shape index (κ3) is 3.21. The van der Waals surface area contributed by atoms with Gasteiger partial charge in [0.05, 0.1) is 11.4 Å². The van der Waals surface area contributed by atoms with Crippen molar-refractivity contribution >= 4 is 21.4 Å². The third-order valence-corrected chi connectivity index (χ3v) is 4.97.